The summed E-state index contributed by atoms with van der Waals surface area (Å²) in [5.41, 5.74) is 1.05. The topological polar surface area (TPSA) is 82.5 Å². The Kier molecular flexibility index (Phi) is 5.96. The lowest BCUT2D eigenvalue weighted by Gasteiger charge is -2.22. The summed E-state index contributed by atoms with van der Waals surface area (Å²) in [5, 5.41) is 10.7. The standard InChI is InChI=1S/C22H18F3N3O3/c1-13-5-3-4-6-17(13)18-7-8-26-12-19(18)28(2)20(29)14-9-15(22(23,24)25)11-16(10-14)27-21(30)31/h3-12,27H,1-2H3,(H,30,31). The molecule has 0 radical (unpaired) electrons. The molecule has 0 aliphatic heterocycles. The first-order valence-corrected chi connectivity index (χ1v) is 9.08. The zero-order valence-corrected chi connectivity index (χ0v) is 16.6. The average molecular weight is 429 g/mol. The second-order valence-electron chi connectivity index (χ2n) is 6.80. The minimum atomic E-state index is -4.76. The van der Waals surface area contributed by atoms with Gasteiger partial charge in [0.2, 0.25) is 0 Å². The molecule has 6 nitrogen and oxygen atoms in total. The molecule has 2 aromatic carbocycles. The van der Waals surface area contributed by atoms with E-state index >= 15 is 0 Å². The van der Waals surface area contributed by atoms with Gasteiger partial charge < -0.3 is 10.0 Å². The number of pyridine rings is 1. The van der Waals surface area contributed by atoms with E-state index in [9.17, 15) is 22.8 Å². The van der Waals surface area contributed by atoms with E-state index in [2.05, 4.69) is 4.98 Å². The fraction of sp³-hybridized carbons (Fsp3) is 0.136. The third kappa shape index (κ3) is 4.82. The number of amides is 2. The van der Waals surface area contributed by atoms with Gasteiger partial charge in [-0.1, -0.05) is 24.3 Å². The normalized spacial score (nSPS) is 11.1. The van der Waals surface area contributed by atoms with Gasteiger partial charge in [0.1, 0.15) is 0 Å². The number of rotatable bonds is 4. The summed E-state index contributed by atoms with van der Waals surface area (Å²) in [6, 6.07) is 11.6. The number of aryl methyl sites for hydroxylation is 1. The number of hydrogen-bond acceptors (Lipinski definition) is 3. The Morgan fingerprint density at radius 3 is 2.42 bits per heavy atom. The summed E-state index contributed by atoms with van der Waals surface area (Å²) in [6.07, 6.45) is -3.29. The summed E-state index contributed by atoms with van der Waals surface area (Å²) in [4.78, 5) is 29.2. The number of nitrogens with one attached hydrogen (secondary N) is 1. The monoisotopic (exact) mass is 429 g/mol. The van der Waals surface area contributed by atoms with Crippen LogP contribution in [-0.2, 0) is 6.18 Å². The van der Waals surface area contributed by atoms with Crippen molar-refractivity contribution in [2.75, 3.05) is 17.3 Å². The Morgan fingerprint density at radius 1 is 1.06 bits per heavy atom. The minimum Gasteiger partial charge on any atom is -0.465 e. The molecule has 2 N–H and O–H groups in total. The first-order chi connectivity index (χ1) is 14.6. The second-order valence-corrected chi connectivity index (χ2v) is 6.80. The first kappa shape index (κ1) is 21.8. The van der Waals surface area contributed by atoms with Crippen molar-refractivity contribution >= 4 is 23.4 Å². The molecule has 0 atom stereocenters. The van der Waals surface area contributed by atoms with Gasteiger partial charge in [0, 0.05) is 30.1 Å². The minimum absolute atomic E-state index is 0.319. The van der Waals surface area contributed by atoms with Crippen LogP contribution in [0.15, 0.2) is 60.9 Å². The van der Waals surface area contributed by atoms with Gasteiger partial charge in [-0.15, -0.1) is 0 Å². The molecule has 0 aliphatic carbocycles. The Bertz CT molecular complexity index is 1150. The Hall–Kier alpha value is -3.88. The fourth-order valence-electron chi connectivity index (χ4n) is 3.17. The number of carbonyl (C=O) groups is 2. The number of benzene rings is 2. The molecule has 31 heavy (non-hydrogen) atoms. The molecule has 9 heteroatoms. The van der Waals surface area contributed by atoms with E-state index in [1.165, 1.54) is 18.1 Å². The molecule has 0 saturated heterocycles. The number of alkyl halides is 3. The molecule has 1 heterocycles. The molecule has 3 rings (SSSR count). The van der Waals surface area contributed by atoms with Crippen molar-refractivity contribution in [1.29, 1.82) is 0 Å². The van der Waals surface area contributed by atoms with Gasteiger partial charge in [-0.05, 0) is 42.3 Å². The highest BCUT2D eigenvalue weighted by atomic mass is 19.4. The zero-order valence-electron chi connectivity index (χ0n) is 16.6. The van der Waals surface area contributed by atoms with Crippen LogP contribution in [0, 0.1) is 6.92 Å². The van der Waals surface area contributed by atoms with E-state index in [-0.39, 0.29) is 11.3 Å². The van der Waals surface area contributed by atoms with Gasteiger partial charge in [0.15, 0.2) is 0 Å². The van der Waals surface area contributed by atoms with Crippen LogP contribution in [0.1, 0.15) is 21.5 Å². The maximum Gasteiger partial charge on any atom is 0.416 e. The van der Waals surface area contributed by atoms with Crippen molar-refractivity contribution in [1.82, 2.24) is 4.98 Å². The number of halogens is 3. The number of nitrogens with zero attached hydrogens (tertiary/aromatic N) is 2. The molecule has 160 valence electrons. The molecular weight excluding hydrogens is 411 g/mol. The van der Waals surface area contributed by atoms with E-state index in [4.69, 9.17) is 5.11 Å². The van der Waals surface area contributed by atoms with E-state index in [0.29, 0.717) is 23.4 Å². The van der Waals surface area contributed by atoms with E-state index < -0.39 is 23.7 Å². The van der Waals surface area contributed by atoms with Crippen LogP contribution in [0.4, 0.5) is 29.3 Å². The number of aromatic nitrogens is 1. The van der Waals surface area contributed by atoms with Crippen LogP contribution in [-0.4, -0.2) is 29.1 Å². The summed E-state index contributed by atoms with van der Waals surface area (Å²) in [5.74, 6) is -0.748. The van der Waals surface area contributed by atoms with Crippen molar-refractivity contribution in [3.63, 3.8) is 0 Å². The summed E-state index contributed by atoms with van der Waals surface area (Å²) in [6.45, 7) is 1.90. The second kappa shape index (κ2) is 8.47. The smallest absolute Gasteiger partial charge is 0.416 e. The quantitative estimate of drug-likeness (QED) is 0.578. The van der Waals surface area contributed by atoms with Crippen LogP contribution < -0.4 is 10.2 Å². The summed E-state index contributed by atoms with van der Waals surface area (Å²) in [7, 11) is 1.42. The molecule has 0 spiro atoms. The Labute approximate surface area is 176 Å². The van der Waals surface area contributed by atoms with Gasteiger partial charge in [-0.25, -0.2) is 4.79 Å². The highest BCUT2D eigenvalue weighted by Crippen LogP contribution is 2.35. The van der Waals surface area contributed by atoms with Crippen molar-refractivity contribution in [3.8, 4) is 11.1 Å². The van der Waals surface area contributed by atoms with Crippen LogP contribution >= 0.6 is 0 Å². The molecule has 0 saturated carbocycles. The van der Waals surface area contributed by atoms with Crippen LogP contribution in [0.2, 0.25) is 0 Å². The average Bonchev–Trinajstić information content (AvgIpc) is 2.72. The SMILES string of the molecule is Cc1ccccc1-c1ccncc1N(C)C(=O)c1cc(NC(=O)O)cc(C(F)(F)F)c1. The lowest BCUT2D eigenvalue weighted by molar-refractivity contribution is -0.137. The third-order valence-electron chi connectivity index (χ3n) is 4.66. The van der Waals surface area contributed by atoms with E-state index in [1.807, 2.05) is 36.5 Å². The molecule has 0 fully saturated rings. The molecular formula is C22H18F3N3O3. The van der Waals surface area contributed by atoms with Gasteiger partial charge in [0.05, 0.1) is 17.4 Å². The Morgan fingerprint density at radius 2 is 1.77 bits per heavy atom. The maximum absolute atomic E-state index is 13.3. The van der Waals surface area contributed by atoms with Crippen molar-refractivity contribution in [2.45, 2.75) is 13.1 Å². The Balaban J connectivity index is 2.07. The predicted octanol–water partition coefficient (Wildman–Crippen LogP) is 5.44. The molecule has 0 aliphatic rings. The number of carbonyl (C=O) groups excluding carboxylic acids is 1. The predicted molar refractivity (Wildman–Crippen MR) is 110 cm³/mol. The van der Waals surface area contributed by atoms with Gasteiger partial charge in [0.25, 0.3) is 5.91 Å². The van der Waals surface area contributed by atoms with Crippen LogP contribution in [0.3, 0.4) is 0 Å². The summed E-state index contributed by atoms with van der Waals surface area (Å²) < 4.78 is 39.9. The number of carboxylic acid groups (broad SMARTS) is 1. The molecule has 0 unspecified atom stereocenters. The largest absolute Gasteiger partial charge is 0.465 e. The van der Waals surface area contributed by atoms with Crippen molar-refractivity contribution in [2.24, 2.45) is 0 Å². The highest BCUT2D eigenvalue weighted by Gasteiger charge is 2.32. The molecule has 0 bridgehead atoms. The van der Waals surface area contributed by atoms with E-state index in [1.54, 1.807) is 12.3 Å². The lowest BCUT2D eigenvalue weighted by Crippen LogP contribution is -2.27. The lowest BCUT2D eigenvalue weighted by atomic mass is 9.99. The van der Waals surface area contributed by atoms with Gasteiger partial charge in [-0.2, -0.15) is 13.2 Å². The maximum atomic E-state index is 13.3. The van der Waals surface area contributed by atoms with Crippen LogP contribution in [0.5, 0.6) is 0 Å². The first-order valence-electron chi connectivity index (χ1n) is 9.08. The van der Waals surface area contributed by atoms with Gasteiger partial charge >= 0.3 is 12.3 Å². The van der Waals surface area contributed by atoms with Crippen LogP contribution in [0.25, 0.3) is 11.1 Å². The summed E-state index contributed by atoms with van der Waals surface area (Å²) >= 11 is 0. The molecule has 2 amide bonds. The number of hydrogen-bond donors (Lipinski definition) is 2. The number of anilines is 2. The third-order valence-corrected chi connectivity index (χ3v) is 4.66. The highest BCUT2D eigenvalue weighted by molar-refractivity contribution is 6.08. The molecule has 3 aromatic rings. The zero-order chi connectivity index (χ0) is 22.8. The van der Waals surface area contributed by atoms with Crippen molar-refractivity contribution < 1.29 is 27.9 Å². The van der Waals surface area contributed by atoms with Gasteiger partial charge in [-0.3, -0.25) is 15.1 Å². The van der Waals surface area contributed by atoms with Crippen molar-refractivity contribution in [3.05, 3.63) is 77.6 Å². The molecule has 1 aromatic heterocycles. The van der Waals surface area contributed by atoms with E-state index in [0.717, 1.165) is 17.2 Å². The fourth-order valence-corrected chi connectivity index (χ4v) is 3.17.